The minimum Gasteiger partial charge on any atom is -0.352 e. The van der Waals surface area contributed by atoms with Gasteiger partial charge >= 0.3 is 0 Å². The van der Waals surface area contributed by atoms with E-state index < -0.39 is 28.9 Å². The van der Waals surface area contributed by atoms with E-state index in [9.17, 15) is 22.8 Å². The fourth-order valence-electron chi connectivity index (χ4n) is 3.36. The van der Waals surface area contributed by atoms with Gasteiger partial charge in [0.1, 0.15) is 0 Å². The summed E-state index contributed by atoms with van der Waals surface area (Å²) in [6, 6.07) is 9.52. The van der Waals surface area contributed by atoms with Crippen molar-refractivity contribution in [3.05, 3.63) is 70.5 Å². The standard InChI is InChI=1S/C21H21F3N2O2/c1-13-3-2-4-14(11-13)12-25-20(27)15-7-9-26(10-8-15)21(28)16-5-6-17(22)19(24)18(16)23/h2-6,11,15H,7-10,12H2,1H3,(H,25,27). The van der Waals surface area contributed by atoms with Gasteiger partial charge < -0.3 is 10.2 Å². The maximum atomic E-state index is 13.8. The second-order valence-corrected chi connectivity index (χ2v) is 7.00. The van der Waals surface area contributed by atoms with Gasteiger partial charge in [-0.05, 0) is 37.5 Å². The first-order chi connectivity index (χ1) is 13.4. The SMILES string of the molecule is Cc1cccc(CNC(=O)C2CCN(C(=O)c3ccc(F)c(F)c3F)CC2)c1. The number of likely N-dealkylation sites (tertiary alicyclic amines) is 1. The smallest absolute Gasteiger partial charge is 0.256 e. The zero-order valence-corrected chi connectivity index (χ0v) is 15.5. The molecule has 0 aromatic heterocycles. The molecule has 28 heavy (non-hydrogen) atoms. The van der Waals surface area contributed by atoms with Gasteiger partial charge in [0.05, 0.1) is 5.56 Å². The van der Waals surface area contributed by atoms with Crippen molar-refractivity contribution in [2.75, 3.05) is 13.1 Å². The van der Waals surface area contributed by atoms with Gasteiger partial charge in [-0.1, -0.05) is 29.8 Å². The Hall–Kier alpha value is -2.83. The van der Waals surface area contributed by atoms with Crippen molar-refractivity contribution in [1.82, 2.24) is 10.2 Å². The van der Waals surface area contributed by atoms with Crippen molar-refractivity contribution >= 4 is 11.8 Å². The molecule has 7 heteroatoms. The van der Waals surface area contributed by atoms with Crippen molar-refractivity contribution in [1.29, 1.82) is 0 Å². The lowest BCUT2D eigenvalue weighted by atomic mass is 9.95. The molecule has 1 heterocycles. The Morgan fingerprint density at radius 3 is 2.46 bits per heavy atom. The maximum absolute atomic E-state index is 13.8. The van der Waals surface area contributed by atoms with Crippen LogP contribution in [0, 0.1) is 30.3 Å². The van der Waals surface area contributed by atoms with Gasteiger partial charge in [0.15, 0.2) is 17.5 Å². The largest absolute Gasteiger partial charge is 0.352 e. The van der Waals surface area contributed by atoms with Gasteiger partial charge in [-0.2, -0.15) is 0 Å². The van der Waals surface area contributed by atoms with Crippen LogP contribution < -0.4 is 5.32 Å². The van der Waals surface area contributed by atoms with E-state index in [0.717, 1.165) is 23.3 Å². The van der Waals surface area contributed by atoms with Crippen molar-refractivity contribution in [2.24, 2.45) is 5.92 Å². The van der Waals surface area contributed by atoms with Gasteiger partial charge in [0, 0.05) is 25.6 Å². The zero-order chi connectivity index (χ0) is 20.3. The van der Waals surface area contributed by atoms with Gasteiger partial charge in [-0.25, -0.2) is 13.2 Å². The number of carbonyl (C=O) groups excluding carboxylic acids is 2. The number of amides is 2. The van der Waals surface area contributed by atoms with Gasteiger partial charge in [-0.3, -0.25) is 9.59 Å². The third-order valence-corrected chi connectivity index (χ3v) is 4.97. The minimum atomic E-state index is -1.66. The second-order valence-electron chi connectivity index (χ2n) is 7.00. The number of nitrogens with one attached hydrogen (secondary N) is 1. The first-order valence-electron chi connectivity index (χ1n) is 9.13. The van der Waals surface area contributed by atoms with E-state index in [1.54, 1.807) is 0 Å². The normalized spacial score (nSPS) is 14.8. The van der Waals surface area contributed by atoms with E-state index in [1.165, 1.54) is 4.90 Å². The Labute approximate surface area is 161 Å². The molecule has 148 valence electrons. The van der Waals surface area contributed by atoms with Crippen molar-refractivity contribution in [3.8, 4) is 0 Å². The molecule has 0 unspecified atom stereocenters. The number of carbonyl (C=O) groups is 2. The number of benzene rings is 2. The number of halogens is 3. The molecule has 2 aromatic carbocycles. The Kier molecular flexibility index (Phi) is 6.02. The second kappa shape index (κ2) is 8.46. The van der Waals surface area contributed by atoms with E-state index in [1.807, 2.05) is 31.2 Å². The minimum absolute atomic E-state index is 0.0902. The van der Waals surface area contributed by atoms with Crippen LogP contribution in [0.1, 0.15) is 34.3 Å². The number of piperidine rings is 1. The van der Waals surface area contributed by atoms with E-state index >= 15 is 0 Å². The quantitative estimate of drug-likeness (QED) is 0.812. The average Bonchev–Trinajstić information content (AvgIpc) is 2.70. The third-order valence-electron chi connectivity index (χ3n) is 4.97. The molecule has 0 spiro atoms. The fourth-order valence-corrected chi connectivity index (χ4v) is 3.36. The molecule has 3 rings (SSSR count). The molecule has 0 aliphatic carbocycles. The number of rotatable bonds is 4. The Bertz CT molecular complexity index is 893. The summed E-state index contributed by atoms with van der Waals surface area (Å²) >= 11 is 0. The molecule has 2 aromatic rings. The van der Waals surface area contributed by atoms with Crippen LogP contribution in [-0.4, -0.2) is 29.8 Å². The summed E-state index contributed by atoms with van der Waals surface area (Å²) in [5.74, 6) is -5.51. The molecular formula is C21H21F3N2O2. The van der Waals surface area contributed by atoms with Crippen LogP contribution in [0.3, 0.4) is 0 Å². The van der Waals surface area contributed by atoms with Crippen LogP contribution in [0.2, 0.25) is 0 Å². The predicted octanol–water partition coefficient (Wildman–Crippen LogP) is 3.58. The van der Waals surface area contributed by atoms with Crippen LogP contribution >= 0.6 is 0 Å². The predicted molar refractivity (Wildman–Crippen MR) is 98.0 cm³/mol. The van der Waals surface area contributed by atoms with Crippen molar-refractivity contribution in [2.45, 2.75) is 26.3 Å². The number of hydrogen-bond acceptors (Lipinski definition) is 2. The summed E-state index contributed by atoms with van der Waals surface area (Å²) in [6.45, 7) is 2.91. The molecule has 2 amide bonds. The molecule has 1 N–H and O–H groups in total. The van der Waals surface area contributed by atoms with Crippen LogP contribution in [-0.2, 0) is 11.3 Å². The zero-order valence-electron chi connectivity index (χ0n) is 15.5. The number of hydrogen-bond donors (Lipinski definition) is 1. The molecular weight excluding hydrogens is 369 g/mol. The van der Waals surface area contributed by atoms with Crippen LogP contribution in [0.25, 0.3) is 0 Å². The molecule has 1 aliphatic rings. The first-order valence-corrected chi connectivity index (χ1v) is 9.13. The monoisotopic (exact) mass is 390 g/mol. The molecule has 1 saturated heterocycles. The molecule has 1 fully saturated rings. The highest BCUT2D eigenvalue weighted by atomic mass is 19.2. The van der Waals surface area contributed by atoms with E-state index in [-0.39, 0.29) is 24.9 Å². The Morgan fingerprint density at radius 2 is 1.79 bits per heavy atom. The van der Waals surface area contributed by atoms with Crippen LogP contribution in [0.5, 0.6) is 0 Å². The lowest BCUT2D eigenvalue weighted by Crippen LogP contribution is -2.43. The number of aryl methyl sites for hydroxylation is 1. The molecule has 0 saturated carbocycles. The molecule has 0 radical (unpaired) electrons. The van der Waals surface area contributed by atoms with E-state index in [2.05, 4.69) is 5.32 Å². The summed E-state index contributed by atoms with van der Waals surface area (Å²) in [6.07, 6.45) is 0.855. The molecule has 0 bridgehead atoms. The summed E-state index contributed by atoms with van der Waals surface area (Å²) < 4.78 is 40.2. The van der Waals surface area contributed by atoms with E-state index in [4.69, 9.17) is 0 Å². The van der Waals surface area contributed by atoms with Crippen molar-refractivity contribution in [3.63, 3.8) is 0 Å². The average molecular weight is 390 g/mol. The summed E-state index contributed by atoms with van der Waals surface area (Å²) in [4.78, 5) is 26.1. The van der Waals surface area contributed by atoms with Gasteiger partial charge in [-0.15, -0.1) is 0 Å². The fraction of sp³-hybridized carbons (Fsp3) is 0.333. The van der Waals surface area contributed by atoms with Gasteiger partial charge in [0.25, 0.3) is 5.91 Å². The highest BCUT2D eigenvalue weighted by molar-refractivity contribution is 5.94. The number of nitrogens with zero attached hydrogens (tertiary/aromatic N) is 1. The van der Waals surface area contributed by atoms with E-state index in [0.29, 0.717) is 19.4 Å². The Morgan fingerprint density at radius 1 is 1.07 bits per heavy atom. The molecule has 0 atom stereocenters. The molecule has 1 aliphatic heterocycles. The summed E-state index contributed by atoms with van der Waals surface area (Å²) in [5, 5.41) is 2.90. The lowest BCUT2D eigenvalue weighted by molar-refractivity contribution is -0.126. The Balaban J connectivity index is 1.54. The topological polar surface area (TPSA) is 49.4 Å². The molecule has 4 nitrogen and oxygen atoms in total. The first kappa shape index (κ1) is 19.9. The third kappa shape index (κ3) is 4.35. The summed E-state index contributed by atoms with van der Waals surface area (Å²) in [5.41, 5.74) is 1.62. The van der Waals surface area contributed by atoms with Crippen molar-refractivity contribution < 1.29 is 22.8 Å². The summed E-state index contributed by atoms with van der Waals surface area (Å²) in [7, 11) is 0. The highest BCUT2D eigenvalue weighted by Gasteiger charge is 2.29. The van der Waals surface area contributed by atoms with Crippen LogP contribution in [0.4, 0.5) is 13.2 Å². The van der Waals surface area contributed by atoms with Gasteiger partial charge in [0.2, 0.25) is 5.91 Å². The lowest BCUT2D eigenvalue weighted by Gasteiger charge is -2.31. The highest BCUT2D eigenvalue weighted by Crippen LogP contribution is 2.22. The maximum Gasteiger partial charge on any atom is 0.256 e. The van der Waals surface area contributed by atoms with Crippen LogP contribution in [0.15, 0.2) is 36.4 Å².